The molecular formula is C24H29N3O4. The number of rotatable bonds is 7. The van der Waals surface area contributed by atoms with Crippen molar-refractivity contribution in [2.45, 2.75) is 57.3 Å². The number of hydrogen-bond acceptors (Lipinski definition) is 5. The standard InChI is InChI=1S/C24H29N3O4/c1-3-17(12-9-15-7-10-16(11-8-15)23(29)31-2)25-20-13-14-27-21-18(22(20)28)5-4-6-19(21)26-24(27)30/h4-8,10-11,17,20,22,25,28H,3,9,12-14H2,1-2H3,(H,26,30)/t17-,20-,22?/m1/s1. The van der Waals surface area contributed by atoms with Crippen molar-refractivity contribution in [2.24, 2.45) is 0 Å². The molecule has 2 aromatic carbocycles. The number of ether oxygens (including phenoxy) is 1. The van der Waals surface area contributed by atoms with Crippen LogP contribution in [0.3, 0.4) is 0 Å². The van der Waals surface area contributed by atoms with E-state index in [2.05, 4.69) is 17.2 Å². The van der Waals surface area contributed by atoms with Crippen molar-refractivity contribution in [3.05, 3.63) is 69.6 Å². The number of esters is 1. The monoisotopic (exact) mass is 423 g/mol. The molecule has 1 aromatic heterocycles. The zero-order valence-corrected chi connectivity index (χ0v) is 17.9. The van der Waals surface area contributed by atoms with Gasteiger partial charge in [-0.3, -0.25) is 4.57 Å². The van der Waals surface area contributed by atoms with Gasteiger partial charge in [-0.25, -0.2) is 9.59 Å². The first-order valence-corrected chi connectivity index (χ1v) is 10.8. The molecule has 1 aliphatic heterocycles. The van der Waals surface area contributed by atoms with E-state index in [9.17, 15) is 14.7 Å². The van der Waals surface area contributed by atoms with E-state index >= 15 is 0 Å². The molecule has 31 heavy (non-hydrogen) atoms. The topological polar surface area (TPSA) is 96.4 Å². The van der Waals surface area contributed by atoms with Crippen molar-refractivity contribution in [1.29, 1.82) is 0 Å². The molecule has 0 aliphatic carbocycles. The highest BCUT2D eigenvalue weighted by atomic mass is 16.5. The minimum absolute atomic E-state index is 0.127. The average molecular weight is 424 g/mol. The minimum atomic E-state index is -0.680. The van der Waals surface area contributed by atoms with Crippen LogP contribution in [0.5, 0.6) is 0 Å². The highest BCUT2D eigenvalue weighted by molar-refractivity contribution is 5.89. The highest BCUT2D eigenvalue weighted by Crippen LogP contribution is 2.30. The minimum Gasteiger partial charge on any atom is -0.465 e. The van der Waals surface area contributed by atoms with Crippen molar-refractivity contribution in [3.8, 4) is 0 Å². The van der Waals surface area contributed by atoms with Gasteiger partial charge in [-0.2, -0.15) is 0 Å². The van der Waals surface area contributed by atoms with Gasteiger partial charge < -0.3 is 20.1 Å². The Hall–Kier alpha value is -2.90. The third kappa shape index (κ3) is 4.29. The Morgan fingerprint density at radius 2 is 2.06 bits per heavy atom. The second kappa shape index (κ2) is 9.08. The number of aliphatic hydroxyl groups is 1. The number of aromatic amines is 1. The van der Waals surface area contributed by atoms with Gasteiger partial charge in [-0.15, -0.1) is 0 Å². The molecule has 0 fully saturated rings. The molecule has 1 aliphatic rings. The quantitative estimate of drug-likeness (QED) is 0.508. The first-order valence-electron chi connectivity index (χ1n) is 10.8. The first-order chi connectivity index (χ1) is 15.0. The molecule has 0 saturated heterocycles. The molecule has 3 aromatic rings. The number of nitrogens with zero attached hydrogens (tertiary/aromatic N) is 1. The fourth-order valence-corrected chi connectivity index (χ4v) is 4.49. The normalized spacial score (nSPS) is 19.2. The Morgan fingerprint density at radius 3 is 2.77 bits per heavy atom. The summed E-state index contributed by atoms with van der Waals surface area (Å²) in [5.74, 6) is -0.332. The maximum Gasteiger partial charge on any atom is 0.337 e. The number of para-hydroxylation sites is 1. The van der Waals surface area contributed by atoms with Gasteiger partial charge in [0, 0.05) is 24.2 Å². The van der Waals surface area contributed by atoms with E-state index in [1.54, 1.807) is 16.7 Å². The summed E-state index contributed by atoms with van der Waals surface area (Å²) in [6, 6.07) is 13.2. The van der Waals surface area contributed by atoms with Gasteiger partial charge in [0.25, 0.3) is 0 Å². The molecule has 7 heteroatoms. The average Bonchev–Trinajstić information content (AvgIpc) is 3.05. The number of aryl methyl sites for hydroxylation is 2. The van der Waals surface area contributed by atoms with Crippen LogP contribution in [0.25, 0.3) is 11.0 Å². The van der Waals surface area contributed by atoms with E-state index in [-0.39, 0.29) is 23.7 Å². The third-order valence-electron chi connectivity index (χ3n) is 6.29. The summed E-state index contributed by atoms with van der Waals surface area (Å²) in [6.45, 7) is 2.70. The van der Waals surface area contributed by atoms with Crippen LogP contribution in [-0.2, 0) is 17.7 Å². The lowest BCUT2D eigenvalue weighted by atomic mass is 9.96. The van der Waals surface area contributed by atoms with E-state index < -0.39 is 6.10 Å². The van der Waals surface area contributed by atoms with Crippen molar-refractivity contribution < 1.29 is 14.6 Å². The maximum atomic E-state index is 12.3. The Kier molecular flexibility index (Phi) is 6.25. The number of aromatic nitrogens is 2. The van der Waals surface area contributed by atoms with Crippen LogP contribution in [0.2, 0.25) is 0 Å². The van der Waals surface area contributed by atoms with E-state index in [1.165, 1.54) is 7.11 Å². The Balaban J connectivity index is 1.44. The summed E-state index contributed by atoms with van der Waals surface area (Å²) in [7, 11) is 1.38. The van der Waals surface area contributed by atoms with Gasteiger partial charge in [0.2, 0.25) is 0 Å². The molecule has 0 amide bonds. The molecule has 1 unspecified atom stereocenters. The fourth-order valence-electron chi connectivity index (χ4n) is 4.49. The van der Waals surface area contributed by atoms with E-state index in [0.29, 0.717) is 18.5 Å². The number of imidazole rings is 1. The molecule has 0 spiro atoms. The van der Waals surface area contributed by atoms with Crippen LogP contribution >= 0.6 is 0 Å². The zero-order chi connectivity index (χ0) is 22.0. The van der Waals surface area contributed by atoms with E-state index in [1.807, 2.05) is 30.3 Å². The largest absolute Gasteiger partial charge is 0.465 e. The number of carbonyl (C=O) groups is 1. The molecule has 3 atom stereocenters. The lowest BCUT2D eigenvalue weighted by molar-refractivity contribution is 0.0600. The molecule has 0 bridgehead atoms. The predicted molar refractivity (Wildman–Crippen MR) is 119 cm³/mol. The lowest BCUT2D eigenvalue weighted by Crippen LogP contribution is -2.42. The number of aliphatic hydroxyl groups excluding tert-OH is 1. The van der Waals surface area contributed by atoms with Gasteiger partial charge in [0.1, 0.15) is 0 Å². The van der Waals surface area contributed by atoms with Gasteiger partial charge >= 0.3 is 11.7 Å². The van der Waals surface area contributed by atoms with Crippen molar-refractivity contribution in [1.82, 2.24) is 14.9 Å². The van der Waals surface area contributed by atoms with Crippen LogP contribution in [0.15, 0.2) is 47.3 Å². The summed E-state index contributed by atoms with van der Waals surface area (Å²) >= 11 is 0. The van der Waals surface area contributed by atoms with Crippen molar-refractivity contribution in [3.63, 3.8) is 0 Å². The Morgan fingerprint density at radius 1 is 1.29 bits per heavy atom. The van der Waals surface area contributed by atoms with Gasteiger partial charge in [0.05, 0.1) is 29.8 Å². The predicted octanol–water partition coefficient (Wildman–Crippen LogP) is 2.92. The van der Waals surface area contributed by atoms with Gasteiger partial charge in [-0.1, -0.05) is 31.2 Å². The van der Waals surface area contributed by atoms with Crippen LogP contribution in [0.1, 0.15) is 53.8 Å². The number of carbonyl (C=O) groups excluding carboxylic acids is 1. The van der Waals surface area contributed by atoms with Crippen LogP contribution in [0.4, 0.5) is 0 Å². The van der Waals surface area contributed by atoms with Crippen LogP contribution in [0, 0.1) is 0 Å². The summed E-state index contributed by atoms with van der Waals surface area (Å²) in [5, 5.41) is 14.8. The summed E-state index contributed by atoms with van der Waals surface area (Å²) < 4.78 is 6.48. The number of H-pyrrole nitrogens is 1. The zero-order valence-electron chi connectivity index (χ0n) is 17.9. The van der Waals surface area contributed by atoms with E-state index in [4.69, 9.17) is 4.74 Å². The molecule has 164 valence electrons. The summed E-state index contributed by atoms with van der Waals surface area (Å²) in [5.41, 5.74) is 3.94. The Bertz CT molecular complexity index is 1120. The molecule has 2 heterocycles. The first kappa shape index (κ1) is 21.3. The molecule has 3 N–H and O–H groups in total. The van der Waals surface area contributed by atoms with Crippen LogP contribution in [-0.4, -0.2) is 39.8 Å². The molecule has 4 rings (SSSR count). The van der Waals surface area contributed by atoms with Gasteiger partial charge in [0.15, 0.2) is 0 Å². The van der Waals surface area contributed by atoms with Crippen molar-refractivity contribution >= 4 is 17.0 Å². The lowest BCUT2D eigenvalue weighted by Gasteiger charge is -2.28. The smallest absolute Gasteiger partial charge is 0.337 e. The SMILES string of the molecule is CC[C@H](CCc1ccc(C(=O)OC)cc1)N[C@@H]1CCn2c(=O)[nH]c3cccc(c32)C1O. The number of hydrogen-bond donors (Lipinski definition) is 3. The van der Waals surface area contributed by atoms with Crippen molar-refractivity contribution in [2.75, 3.05) is 7.11 Å². The summed E-state index contributed by atoms with van der Waals surface area (Å²) in [4.78, 5) is 26.8. The molecular weight excluding hydrogens is 394 g/mol. The van der Waals surface area contributed by atoms with Gasteiger partial charge in [-0.05, 0) is 49.4 Å². The second-order valence-electron chi connectivity index (χ2n) is 8.16. The molecule has 0 radical (unpaired) electrons. The molecule has 7 nitrogen and oxygen atoms in total. The number of methoxy groups -OCH3 is 1. The summed E-state index contributed by atoms with van der Waals surface area (Å²) in [6.07, 6.45) is 2.70. The van der Waals surface area contributed by atoms with Crippen LogP contribution < -0.4 is 11.0 Å². The molecule has 0 saturated carbocycles. The second-order valence-corrected chi connectivity index (χ2v) is 8.16. The maximum absolute atomic E-state index is 12.3. The number of benzene rings is 2. The fraction of sp³-hybridized carbons (Fsp3) is 0.417. The third-order valence-corrected chi connectivity index (χ3v) is 6.29. The highest BCUT2D eigenvalue weighted by Gasteiger charge is 2.29. The number of nitrogens with one attached hydrogen (secondary N) is 2. The Labute approximate surface area is 181 Å². The van der Waals surface area contributed by atoms with E-state index in [0.717, 1.165) is 41.4 Å².